The quantitative estimate of drug-likeness (QED) is 0.634. The molecule has 0 radical (unpaired) electrons. The van der Waals surface area contributed by atoms with Gasteiger partial charge in [0.1, 0.15) is 0 Å². The minimum Gasteiger partial charge on any atom is -0.288 e. The van der Waals surface area contributed by atoms with Gasteiger partial charge in [-0.15, -0.1) is 11.3 Å². The number of aromatic nitrogens is 3. The Labute approximate surface area is 104 Å². The summed E-state index contributed by atoms with van der Waals surface area (Å²) in [7, 11) is 0. The largest absolute Gasteiger partial charge is 0.350 e. The molecule has 2 aromatic heterocycles. The highest BCUT2D eigenvalue weighted by molar-refractivity contribution is 7.09. The molecular weight excluding hydrogens is 260 g/mol. The Morgan fingerprint density at radius 2 is 2.28 bits per heavy atom. The maximum atomic E-state index is 11.5. The highest BCUT2D eigenvalue weighted by Gasteiger charge is 2.15. The molecule has 0 unspecified atom stereocenters. The molecule has 0 aromatic carbocycles. The van der Waals surface area contributed by atoms with Crippen molar-refractivity contribution in [1.82, 2.24) is 14.5 Å². The molecule has 94 valence electrons. The molecule has 2 heterocycles. The number of thiazole rings is 1. The van der Waals surface area contributed by atoms with Gasteiger partial charge in [-0.3, -0.25) is 24.5 Å². The number of aryl methyl sites for hydroxylation is 1. The third-order valence-electron chi connectivity index (χ3n) is 2.19. The van der Waals surface area contributed by atoms with E-state index in [4.69, 9.17) is 0 Å². The van der Waals surface area contributed by atoms with Crippen LogP contribution in [0.25, 0.3) is 0 Å². The molecular formula is C9H8N4O4S. The Hall–Kier alpha value is -2.29. The molecule has 9 heteroatoms. The fourth-order valence-corrected chi connectivity index (χ4v) is 2.00. The van der Waals surface area contributed by atoms with E-state index in [9.17, 15) is 19.7 Å². The van der Waals surface area contributed by atoms with Gasteiger partial charge in [-0.25, -0.2) is 9.78 Å². The second-order valence-electron chi connectivity index (χ2n) is 3.52. The molecule has 1 N–H and O–H groups in total. The van der Waals surface area contributed by atoms with Gasteiger partial charge in [0, 0.05) is 5.38 Å². The zero-order valence-electron chi connectivity index (χ0n) is 9.24. The van der Waals surface area contributed by atoms with Crippen LogP contribution < -0.4 is 11.2 Å². The Morgan fingerprint density at radius 3 is 2.83 bits per heavy atom. The minimum atomic E-state index is -1.00. The van der Waals surface area contributed by atoms with E-state index in [0.29, 0.717) is 5.69 Å². The summed E-state index contributed by atoms with van der Waals surface area (Å²) in [5.74, 6) is 0. The third-order valence-corrected chi connectivity index (χ3v) is 3.01. The number of H-pyrrole nitrogens is 1. The first-order valence-electron chi connectivity index (χ1n) is 4.86. The van der Waals surface area contributed by atoms with Gasteiger partial charge in [-0.2, -0.15) is 0 Å². The third kappa shape index (κ3) is 2.35. The van der Waals surface area contributed by atoms with Crippen molar-refractivity contribution >= 4 is 17.0 Å². The van der Waals surface area contributed by atoms with E-state index in [1.54, 1.807) is 5.38 Å². The van der Waals surface area contributed by atoms with Crippen LogP contribution in [0, 0.1) is 17.0 Å². The topological polar surface area (TPSA) is 111 Å². The Morgan fingerprint density at radius 1 is 1.56 bits per heavy atom. The molecule has 0 aliphatic carbocycles. The summed E-state index contributed by atoms with van der Waals surface area (Å²) in [4.78, 5) is 38.5. The van der Waals surface area contributed by atoms with Gasteiger partial charge in [-0.05, 0) is 6.92 Å². The molecule has 0 saturated heterocycles. The van der Waals surface area contributed by atoms with Gasteiger partial charge in [0.05, 0.1) is 28.4 Å². The molecule has 0 fully saturated rings. The fourth-order valence-electron chi connectivity index (χ4n) is 1.40. The molecule has 2 rings (SSSR count). The van der Waals surface area contributed by atoms with Gasteiger partial charge >= 0.3 is 16.9 Å². The second kappa shape index (κ2) is 4.53. The first kappa shape index (κ1) is 12.2. The Bertz CT molecular complexity index is 714. The van der Waals surface area contributed by atoms with Crippen molar-refractivity contribution in [2.24, 2.45) is 0 Å². The van der Waals surface area contributed by atoms with E-state index in [0.717, 1.165) is 15.8 Å². The lowest BCUT2D eigenvalue weighted by Crippen LogP contribution is -2.31. The van der Waals surface area contributed by atoms with Gasteiger partial charge in [-0.1, -0.05) is 0 Å². The normalized spacial score (nSPS) is 10.5. The Kier molecular flexibility index (Phi) is 3.06. The van der Waals surface area contributed by atoms with Crippen molar-refractivity contribution in [3.63, 3.8) is 0 Å². The summed E-state index contributed by atoms with van der Waals surface area (Å²) in [5.41, 5.74) is -1.76. The zero-order valence-corrected chi connectivity index (χ0v) is 10.1. The monoisotopic (exact) mass is 268 g/mol. The van der Waals surface area contributed by atoms with Crippen LogP contribution in [0.1, 0.15) is 10.7 Å². The highest BCUT2D eigenvalue weighted by Crippen LogP contribution is 2.09. The standard InChI is InChI=1S/C9H8N4O4S/c1-5-10-6(4-18-5)2-12-3-7(13(16)17)8(14)11-9(12)15/h3-4H,2H2,1H3,(H,11,14,15). The van der Waals surface area contributed by atoms with E-state index in [-0.39, 0.29) is 6.54 Å². The van der Waals surface area contributed by atoms with Crippen LogP contribution in [0.3, 0.4) is 0 Å². The smallest absolute Gasteiger partial charge is 0.288 e. The van der Waals surface area contributed by atoms with Crippen molar-refractivity contribution in [2.45, 2.75) is 13.5 Å². The molecule has 0 atom stereocenters. The Balaban J connectivity index is 2.45. The first-order valence-corrected chi connectivity index (χ1v) is 5.74. The number of hydrogen-bond donors (Lipinski definition) is 1. The molecule has 0 spiro atoms. The number of rotatable bonds is 3. The number of nitrogens with one attached hydrogen (secondary N) is 1. The molecule has 0 amide bonds. The van der Waals surface area contributed by atoms with Crippen LogP contribution >= 0.6 is 11.3 Å². The predicted octanol–water partition coefficient (Wildman–Crippen LogP) is 0.258. The van der Waals surface area contributed by atoms with Crippen LogP contribution in [-0.2, 0) is 6.54 Å². The highest BCUT2D eigenvalue weighted by atomic mass is 32.1. The van der Waals surface area contributed by atoms with E-state index in [1.807, 2.05) is 11.9 Å². The van der Waals surface area contributed by atoms with E-state index >= 15 is 0 Å². The van der Waals surface area contributed by atoms with E-state index in [1.165, 1.54) is 11.3 Å². The van der Waals surface area contributed by atoms with Gasteiger partial charge in [0.2, 0.25) is 0 Å². The second-order valence-corrected chi connectivity index (χ2v) is 4.58. The van der Waals surface area contributed by atoms with Crippen molar-refractivity contribution < 1.29 is 4.92 Å². The predicted molar refractivity (Wildman–Crippen MR) is 63.9 cm³/mol. The summed E-state index contributed by atoms with van der Waals surface area (Å²) < 4.78 is 1.05. The maximum absolute atomic E-state index is 11.5. The van der Waals surface area contributed by atoms with E-state index in [2.05, 4.69) is 4.98 Å². The number of hydrogen-bond acceptors (Lipinski definition) is 6. The van der Waals surface area contributed by atoms with Crippen molar-refractivity contribution in [3.05, 3.63) is 53.2 Å². The molecule has 2 aromatic rings. The van der Waals surface area contributed by atoms with Gasteiger partial charge < -0.3 is 0 Å². The number of nitro groups is 1. The van der Waals surface area contributed by atoms with Crippen molar-refractivity contribution in [2.75, 3.05) is 0 Å². The molecule has 0 aliphatic heterocycles. The molecule has 0 bridgehead atoms. The van der Waals surface area contributed by atoms with Crippen LogP contribution in [0.2, 0.25) is 0 Å². The lowest BCUT2D eigenvalue weighted by molar-refractivity contribution is -0.386. The van der Waals surface area contributed by atoms with Crippen LogP contribution in [0.4, 0.5) is 5.69 Å². The fraction of sp³-hybridized carbons (Fsp3) is 0.222. The number of aromatic amines is 1. The zero-order chi connectivity index (χ0) is 13.3. The molecule has 18 heavy (non-hydrogen) atoms. The number of nitrogens with zero attached hydrogens (tertiary/aromatic N) is 3. The van der Waals surface area contributed by atoms with Crippen molar-refractivity contribution in [3.8, 4) is 0 Å². The summed E-state index contributed by atoms with van der Waals surface area (Å²) in [6.07, 6.45) is 0.926. The summed E-state index contributed by atoms with van der Waals surface area (Å²) in [6.45, 7) is 1.90. The first-order chi connectivity index (χ1) is 8.47. The molecule has 8 nitrogen and oxygen atoms in total. The summed E-state index contributed by atoms with van der Waals surface area (Å²) in [5, 5.41) is 13.2. The average Bonchev–Trinajstić information content (AvgIpc) is 2.67. The van der Waals surface area contributed by atoms with Crippen LogP contribution in [-0.4, -0.2) is 19.5 Å². The van der Waals surface area contributed by atoms with Crippen molar-refractivity contribution in [1.29, 1.82) is 0 Å². The molecule has 0 saturated carbocycles. The summed E-state index contributed by atoms with van der Waals surface area (Å²) in [6, 6.07) is 0. The lowest BCUT2D eigenvalue weighted by atomic mass is 10.4. The average molecular weight is 268 g/mol. The SMILES string of the molecule is Cc1nc(Cn2cc([N+](=O)[O-])c(=O)[nH]c2=O)cs1. The summed E-state index contributed by atoms with van der Waals surface area (Å²) >= 11 is 1.41. The lowest BCUT2D eigenvalue weighted by Gasteiger charge is -2.01. The molecule has 0 aliphatic rings. The van der Waals surface area contributed by atoms with Gasteiger partial charge in [0.25, 0.3) is 0 Å². The van der Waals surface area contributed by atoms with E-state index < -0.39 is 21.9 Å². The van der Waals surface area contributed by atoms with Gasteiger partial charge in [0.15, 0.2) is 0 Å². The minimum absolute atomic E-state index is 0.0841. The van der Waals surface area contributed by atoms with Crippen LogP contribution in [0.15, 0.2) is 21.2 Å². The maximum Gasteiger partial charge on any atom is 0.350 e. The van der Waals surface area contributed by atoms with Crippen LogP contribution in [0.5, 0.6) is 0 Å².